The Kier molecular flexibility index (Phi) is 11.2. The highest BCUT2D eigenvalue weighted by molar-refractivity contribution is 6.01. The van der Waals surface area contributed by atoms with E-state index >= 15 is 0 Å². The lowest BCUT2D eigenvalue weighted by Gasteiger charge is -2.22. The molecule has 1 saturated heterocycles. The topological polar surface area (TPSA) is 178 Å². The maximum Gasteiger partial charge on any atom is 0.335 e. The first-order chi connectivity index (χ1) is 23.6. The van der Waals surface area contributed by atoms with Crippen molar-refractivity contribution in [3.8, 4) is 11.5 Å². The van der Waals surface area contributed by atoms with Gasteiger partial charge < -0.3 is 35.3 Å². The molecule has 3 atom stereocenters. The van der Waals surface area contributed by atoms with Crippen LogP contribution in [-0.4, -0.2) is 54.1 Å². The molecule has 254 valence electrons. The summed E-state index contributed by atoms with van der Waals surface area (Å²) in [5.74, 6) is -1.66. The van der Waals surface area contributed by atoms with E-state index in [9.17, 15) is 29.6 Å². The minimum Gasteiger partial charge on any atom is -0.495 e. The summed E-state index contributed by atoms with van der Waals surface area (Å²) in [7, 11) is 1.47. The van der Waals surface area contributed by atoms with Crippen LogP contribution < -0.4 is 25.4 Å². The van der Waals surface area contributed by atoms with Crippen LogP contribution in [0.25, 0.3) is 0 Å². The number of carbonyl (C=O) groups is 3. The fourth-order valence-electron chi connectivity index (χ4n) is 5.54. The van der Waals surface area contributed by atoms with Gasteiger partial charge in [-0.2, -0.15) is 0 Å². The molecule has 2 amide bonds. The lowest BCUT2D eigenvalue weighted by atomic mass is 9.92. The molecule has 4 aromatic carbocycles. The summed E-state index contributed by atoms with van der Waals surface area (Å²) in [5.41, 5.74) is 2.70. The van der Waals surface area contributed by atoms with Gasteiger partial charge in [0, 0.05) is 30.3 Å². The number of hydrogen-bond acceptors (Lipinski definition) is 9. The molecule has 0 saturated carbocycles. The molecule has 4 aromatic rings. The first-order valence-corrected chi connectivity index (χ1v) is 15.5. The van der Waals surface area contributed by atoms with Crippen molar-refractivity contribution in [1.29, 1.82) is 0 Å². The number of nitrogens with zero attached hydrogens (tertiary/aromatic N) is 1. The van der Waals surface area contributed by atoms with Crippen LogP contribution in [0.15, 0.2) is 91.0 Å². The molecule has 3 unspecified atom stereocenters. The number of amides is 2. The molecule has 0 bridgehead atoms. The van der Waals surface area contributed by atoms with E-state index in [1.54, 1.807) is 24.3 Å². The largest absolute Gasteiger partial charge is 0.495 e. The third-order valence-electron chi connectivity index (χ3n) is 8.15. The molecular formula is C36H36N4O9. The quantitative estimate of drug-likeness (QED) is 0.0901. The highest BCUT2D eigenvalue weighted by Crippen LogP contribution is 2.34. The first kappa shape index (κ1) is 34.5. The zero-order valence-electron chi connectivity index (χ0n) is 26.9. The first-order valence-electron chi connectivity index (χ1n) is 15.5. The van der Waals surface area contributed by atoms with Crippen LogP contribution in [0.5, 0.6) is 11.5 Å². The molecule has 1 aliphatic heterocycles. The molecule has 1 aliphatic rings. The lowest BCUT2D eigenvalue weighted by Crippen LogP contribution is -2.28. The van der Waals surface area contributed by atoms with Crippen molar-refractivity contribution < 1.29 is 38.6 Å². The smallest absolute Gasteiger partial charge is 0.335 e. The Labute approximate surface area is 282 Å². The van der Waals surface area contributed by atoms with Crippen LogP contribution in [-0.2, 0) is 16.1 Å². The fraction of sp³-hybridized carbons (Fsp3) is 0.250. The maximum atomic E-state index is 14.1. The summed E-state index contributed by atoms with van der Waals surface area (Å²) in [6, 6.07) is 24.5. The van der Waals surface area contributed by atoms with Crippen LogP contribution >= 0.6 is 0 Å². The fourth-order valence-corrected chi connectivity index (χ4v) is 5.54. The van der Waals surface area contributed by atoms with E-state index in [2.05, 4.69) is 16.0 Å². The number of ether oxygens (including phenoxy) is 3. The van der Waals surface area contributed by atoms with E-state index in [-0.39, 0.29) is 36.4 Å². The van der Waals surface area contributed by atoms with Gasteiger partial charge >= 0.3 is 17.7 Å². The number of Topliss-reactive ketones (excluding diaryl/α,β-unsaturated/α-hetero) is 1. The summed E-state index contributed by atoms with van der Waals surface area (Å²) >= 11 is 0. The standard InChI is InChI=1S/C36H36N4O9/c1-22-8-6-7-11-28(22)38-36(44)39-29-14-12-24(18-32(29)47-2)34(49-20-23-9-4-3-5-10-23)33(41)26-16-27(37-19-26)21-48-31-15-13-25(35(42)43)17-30(31)40(45)46/h3-15,17-18,26-27,34,37H,16,19-21H2,1-2H3,(H,42,43)(H2,38,39,44). The Balaban J connectivity index is 1.30. The van der Waals surface area contributed by atoms with Crippen molar-refractivity contribution >= 4 is 34.8 Å². The normalized spacial score (nSPS) is 16.0. The van der Waals surface area contributed by atoms with Crippen LogP contribution in [0.4, 0.5) is 21.9 Å². The van der Waals surface area contributed by atoms with Crippen molar-refractivity contribution in [1.82, 2.24) is 5.32 Å². The second-order valence-corrected chi connectivity index (χ2v) is 11.5. The van der Waals surface area contributed by atoms with Crippen LogP contribution in [0, 0.1) is 23.0 Å². The molecule has 13 heteroatoms. The molecule has 0 spiro atoms. The predicted octanol–water partition coefficient (Wildman–Crippen LogP) is 6.14. The number of carboxylic acids is 1. The number of carbonyl (C=O) groups excluding carboxylic acids is 2. The van der Waals surface area contributed by atoms with Gasteiger partial charge in [-0.3, -0.25) is 14.9 Å². The molecular weight excluding hydrogens is 632 g/mol. The van der Waals surface area contributed by atoms with Gasteiger partial charge in [-0.15, -0.1) is 0 Å². The number of urea groups is 1. The minimum atomic E-state index is -1.29. The summed E-state index contributed by atoms with van der Waals surface area (Å²) in [6.45, 7) is 2.40. The third kappa shape index (κ3) is 8.77. The Morgan fingerprint density at radius 1 is 0.959 bits per heavy atom. The average molecular weight is 669 g/mol. The molecule has 4 N–H and O–H groups in total. The number of carboxylic acid groups (broad SMARTS) is 1. The van der Waals surface area contributed by atoms with Gasteiger partial charge in [0.15, 0.2) is 11.5 Å². The number of nitro benzene ring substituents is 1. The van der Waals surface area contributed by atoms with Crippen molar-refractivity contribution in [3.63, 3.8) is 0 Å². The van der Waals surface area contributed by atoms with Gasteiger partial charge in [0.2, 0.25) is 0 Å². The molecule has 5 rings (SSSR count). The Morgan fingerprint density at radius 3 is 2.41 bits per heavy atom. The molecule has 0 radical (unpaired) electrons. The molecule has 0 aromatic heterocycles. The van der Waals surface area contributed by atoms with Crippen molar-refractivity contribution in [2.45, 2.75) is 32.1 Å². The number of benzene rings is 4. The van der Waals surface area contributed by atoms with Crippen molar-refractivity contribution in [2.75, 3.05) is 30.9 Å². The van der Waals surface area contributed by atoms with Crippen LogP contribution in [0.1, 0.15) is 39.6 Å². The highest BCUT2D eigenvalue weighted by atomic mass is 16.6. The zero-order chi connectivity index (χ0) is 34.9. The summed E-state index contributed by atoms with van der Waals surface area (Å²) in [5, 5.41) is 29.6. The van der Waals surface area contributed by atoms with Gasteiger partial charge in [0.1, 0.15) is 18.5 Å². The number of aryl methyl sites for hydroxylation is 1. The van der Waals surface area contributed by atoms with E-state index < -0.39 is 34.6 Å². The monoisotopic (exact) mass is 668 g/mol. The minimum absolute atomic E-state index is 0.0192. The van der Waals surface area contributed by atoms with Gasteiger partial charge in [-0.1, -0.05) is 54.6 Å². The SMILES string of the molecule is COc1cc(C(OCc2ccccc2)C(=O)C2CNC(COc3ccc(C(=O)O)cc3[N+](=O)[O-])C2)ccc1NC(=O)Nc1ccccc1C. The number of para-hydroxylation sites is 1. The molecule has 49 heavy (non-hydrogen) atoms. The molecule has 0 aliphatic carbocycles. The number of methoxy groups -OCH3 is 1. The second kappa shape index (κ2) is 15.9. The zero-order valence-corrected chi connectivity index (χ0v) is 26.9. The summed E-state index contributed by atoms with van der Waals surface area (Å²) in [4.78, 5) is 49.0. The number of aromatic carboxylic acids is 1. The van der Waals surface area contributed by atoms with E-state index in [1.807, 2.05) is 55.5 Å². The predicted molar refractivity (Wildman–Crippen MR) is 181 cm³/mol. The van der Waals surface area contributed by atoms with E-state index in [0.717, 1.165) is 17.2 Å². The number of rotatable bonds is 14. The van der Waals surface area contributed by atoms with Crippen LogP contribution in [0.3, 0.4) is 0 Å². The molecule has 1 heterocycles. The number of anilines is 2. The van der Waals surface area contributed by atoms with Crippen LogP contribution in [0.2, 0.25) is 0 Å². The third-order valence-corrected chi connectivity index (χ3v) is 8.15. The maximum absolute atomic E-state index is 14.1. The number of nitro groups is 1. The van der Waals surface area contributed by atoms with E-state index in [4.69, 9.17) is 14.2 Å². The van der Waals surface area contributed by atoms with Gasteiger partial charge in [-0.05, 0) is 60.4 Å². The Hall–Kier alpha value is -5.79. The number of ketones is 1. The summed E-state index contributed by atoms with van der Waals surface area (Å²) < 4.78 is 17.6. The van der Waals surface area contributed by atoms with E-state index in [0.29, 0.717) is 35.7 Å². The van der Waals surface area contributed by atoms with Gasteiger partial charge in [0.05, 0.1) is 29.9 Å². The summed E-state index contributed by atoms with van der Waals surface area (Å²) in [6.07, 6.45) is -0.596. The average Bonchev–Trinajstić information content (AvgIpc) is 3.58. The number of hydrogen-bond donors (Lipinski definition) is 4. The van der Waals surface area contributed by atoms with Crippen molar-refractivity contribution in [3.05, 3.63) is 123 Å². The lowest BCUT2D eigenvalue weighted by molar-refractivity contribution is -0.385. The number of nitrogens with one attached hydrogen (secondary N) is 3. The van der Waals surface area contributed by atoms with Crippen molar-refractivity contribution in [2.24, 2.45) is 5.92 Å². The van der Waals surface area contributed by atoms with Gasteiger partial charge in [-0.25, -0.2) is 9.59 Å². The Bertz CT molecular complexity index is 1830. The molecule has 13 nitrogen and oxygen atoms in total. The second-order valence-electron chi connectivity index (χ2n) is 11.5. The van der Waals surface area contributed by atoms with E-state index in [1.165, 1.54) is 19.2 Å². The molecule has 1 fully saturated rings. The Morgan fingerprint density at radius 2 is 1.69 bits per heavy atom. The highest BCUT2D eigenvalue weighted by Gasteiger charge is 2.36. The van der Waals surface area contributed by atoms with Gasteiger partial charge in [0.25, 0.3) is 0 Å².